The number of piperidine rings is 1. The second-order valence-electron chi connectivity index (χ2n) is 6.82. The maximum atomic E-state index is 13.0. The molecule has 2 aromatic rings. The van der Waals surface area contributed by atoms with Gasteiger partial charge in [-0.1, -0.05) is 0 Å². The minimum Gasteiger partial charge on any atom is -0.340 e. The molecule has 1 aliphatic heterocycles. The molecule has 1 aliphatic carbocycles. The van der Waals surface area contributed by atoms with Crippen molar-refractivity contribution in [3.05, 3.63) is 40.6 Å². The standard InChI is InChI=1S/C17H22N4OS.ClH/c1-20-10-14(19-12-20)16(22)21(9-13-2-7-23-11-13)15-8-17(15)3-5-18-6-4-17;/h2,7,10-12,15,18H,3-6,8-9H2,1H3;1H. The molecule has 1 unspecified atom stereocenters. The van der Waals surface area contributed by atoms with Gasteiger partial charge in [-0.2, -0.15) is 11.3 Å². The van der Waals surface area contributed by atoms with E-state index in [9.17, 15) is 4.79 Å². The molecule has 0 radical (unpaired) electrons. The van der Waals surface area contributed by atoms with Crippen LogP contribution in [0.3, 0.4) is 0 Å². The van der Waals surface area contributed by atoms with Gasteiger partial charge >= 0.3 is 0 Å². The second-order valence-corrected chi connectivity index (χ2v) is 7.60. The minimum atomic E-state index is 0. The van der Waals surface area contributed by atoms with Gasteiger partial charge in [-0.15, -0.1) is 12.4 Å². The van der Waals surface area contributed by atoms with Gasteiger partial charge in [-0.3, -0.25) is 4.79 Å². The number of nitrogens with one attached hydrogen (secondary N) is 1. The number of rotatable bonds is 4. The predicted molar refractivity (Wildman–Crippen MR) is 97.6 cm³/mol. The van der Waals surface area contributed by atoms with Crippen LogP contribution in [-0.2, 0) is 13.6 Å². The monoisotopic (exact) mass is 366 g/mol. The summed E-state index contributed by atoms with van der Waals surface area (Å²) >= 11 is 1.68. The molecule has 1 atom stereocenters. The van der Waals surface area contributed by atoms with E-state index in [0.717, 1.165) is 19.5 Å². The van der Waals surface area contributed by atoms with Crippen LogP contribution < -0.4 is 5.32 Å². The van der Waals surface area contributed by atoms with E-state index < -0.39 is 0 Å². The zero-order chi connectivity index (χ0) is 15.9. The van der Waals surface area contributed by atoms with Crippen molar-refractivity contribution < 1.29 is 4.79 Å². The Kier molecular flexibility index (Phi) is 4.99. The molecule has 1 saturated carbocycles. The number of thiophene rings is 1. The SMILES string of the molecule is Cl.Cn1cnc(C(=O)N(Cc2ccsc2)C2CC23CCNCC3)c1. The fourth-order valence-electron chi connectivity index (χ4n) is 3.80. The summed E-state index contributed by atoms with van der Waals surface area (Å²) in [7, 11) is 1.90. The number of halogens is 1. The molecular weight excluding hydrogens is 344 g/mol. The number of aromatic nitrogens is 2. The van der Waals surface area contributed by atoms with Gasteiger partial charge in [0.2, 0.25) is 0 Å². The molecule has 0 bridgehead atoms. The molecule has 4 rings (SSSR count). The highest BCUT2D eigenvalue weighted by molar-refractivity contribution is 7.07. The van der Waals surface area contributed by atoms with Crippen LogP contribution in [0.5, 0.6) is 0 Å². The molecule has 2 aliphatic rings. The number of nitrogens with zero attached hydrogens (tertiary/aromatic N) is 3. The van der Waals surface area contributed by atoms with Crippen LogP contribution >= 0.6 is 23.7 Å². The highest BCUT2D eigenvalue weighted by atomic mass is 35.5. The Morgan fingerprint density at radius 3 is 2.92 bits per heavy atom. The van der Waals surface area contributed by atoms with Crippen molar-refractivity contribution in [1.82, 2.24) is 19.8 Å². The largest absolute Gasteiger partial charge is 0.340 e. The Hall–Kier alpha value is -1.37. The van der Waals surface area contributed by atoms with Crippen LogP contribution in [0.1, 0.15) is 35.3 Å². The van der Waals surface area contributed by atoms with Crippen molar-refractivity contribution in [1.29, 1.82) is 0 Å². The lowest BCUT2D eigenvalue weighted by Crippen LogP contribution is -2.39. The van der Waals surface area contributed by atoms with Crippen molar-refractivity contribution in [3.63, 3.8) is 0 Å². The fourth-order valence-corrected chi connectivity index (χ4v) is 4.46. The Balaban J connectivity index is 0.00000169. The summed E-state index contributed by atoms with van der Waals surface area (Å²) in [5, 5.41) is 7.64. The summed E-state index contributed by atoms with van der Waals surface area (Å²) in [4.78, 5) is 19.4. The molecule has 0 aromatic carbocycles. The van der Waals surface area contributed by atoms with E-state index in [0.29, 0.717) is 23.7 Å². The van der Waals surface area contributed by atoms with E-state index in [4.69, 9.17) is 0 Å². The highest BCUT2D eigenvalue weighted by Gasteiger charge is 2.57. The molecule has 1 saturated heterocycles. The van der Waals surface area contributed by atoms with Gasteiger partial charge < -0.3 is 14.8 Å². The summed E-state index contributed by atoms with van der Waals surface area (Å²) in [6.45, 7) is 2.83. The third kappa shape index (κ3) is 3.23. The number of hydrogen-bond acceptors (Lipinski definition) is 4. The lowest BCUT2D eigenvalue weighted by Gasteiger charge is -2.29. The number of aryl methyl sites for hydroxylation is 1. The quantitative estimate of drug-likeness (QED) is 0.905. The molecule has 1 spiro atoms. The van der Waals surface area contributed by atoms with Crippen molar-refractivity contribution in [2.75, 3.05) is 13.1 Å². The summed E-state index contributed by atoms with van der Waals surface area (Å²) < 4.78 is 1.84. The van der Waals surface area contributed by atoms with E-state index in [-0.39, 0.29) is 18.3 Å². The molecule has 130 valence electrons. The topological polar surface area (TPSA) is 50.2 Å². The van der Waals surface area contributed by atoms with Crippen LogP contribution in [0.4, 0.5) is 0 Å². The van der Waals surface area contributed by atoms with Gasteiger partial charge in [0, 0.05) is 25.8 Å². The zero-order valence-corrected chi connectivity index (χ0v) is 15.4. The first-order valence-electron chi connectivity index (χ1n) is 8.19. The third-order valence-corrected chi connectivity index (χ3v) is 5.97. The van der Waals surface area contributed by atoms with E-state index in [1.165, 1.54) is 18.4 Å². The zero-order valence-electron chi connectivity index (χ0n) is 13.8. The lowest BCUT2D eigenvalue weighted by atomic mass is 9.93. The Bertz CT molecular complexity index is 693. The molecular formula is C17H23ClN4OS. The number of amides is 1. The predicted octanol–water partition coefficient (Wildman–Crippen LogP) is 2.69. The summed E-state index contributed by atoms with van der Waals surface area (Å²) in [6.07, 6.45) is 7.00. The van der Waals surface area contributed by atoms with Gasteiger partial charge in [-0.05, 0) is 60.2 Å². The van der Waals surface area contributed by atoms with E-state index >= 15 is 0 Å². The van der Waals surface area contributed by atoms with E-state index in [1.54, 1.807) is 17.7 Å². The van der Waals surface area contributed by atoms with E-state index in [1.807, 2.05) is 17.8 Å². The molecule has 1 amide bonds. The van der Waals surface area contributed by atoms with Crippen LogP contribution in [-0.4, -0.2) is 39.5 Å². The van der Waals surface area contributed by atoms with Gasteiger partial charge in [0.15, 0.2) is 0 Å². The van der Waals surface area contributed by atoms with Gasteiger partial charge in [-0.25, -0.2) is 4.98 Å². The Labute approximate surface area is 152 Å². The Morgan fingerprint density at radius 1 is 1.50 bits per heavy atom. The van der Waals surface area contributed by atoms with Gasteiger partial charge in [0.05, 0.1) is 6.33 Å². The van der Waals surface area contributed by atoms with Crippen LogP contribution in [0.2, 0.25) is 0 Å². The fraction of sp³-hybridized carbons (Fsp3) is 0.529. The normalized spacial score (nSPS) is 21.3. The maximum absolute atomic E-state index is 13.0. The van der Waals surface area contributed by atoms with Crippen molar-refractivity contribution >= 4 is 29.7 Å². The van der Waals surface area contributed by atoms with Crippen LogP contribution in [0, 0.1) is 5.41 Å². The lowest BCUT2D eigenvalue weighted by molar-refractivity contribution is 0.0687. The molecule has 5 nitrogen and oxygen atoms in total. The first-order valence-corrected chi connectivity index (χ1v) is 9.13. The average molecular weight is 367 g/mol. The molecule has 2 fully saturated rings. The van der Waals surface area contributed by atoms with Crippen LogP contribution in [0.25, 0.3) is 0 Å². The number of carbonyl (C=O) groups is 1. The maximum Gasteiger partial charge on any atom is 0.274 e. The number of carbonyl (C=O) groups excluding carboxylic acids is 1. The molecule has 24 heavy (non-hydrogen) atoms. The summed E-state index contributed by atoms with van der Waals surface area (Å²) in [6, 6.07) is 2.47. The van der Waals surface area contributed by atoms with E-state index in [2.05, 4.69) is 32.0 Å². The van der Waals surface area contributed by atoms with Gasteiger partial charge in [0.25, 0.3) is 5.91 Å². The highest BCUT2D eigenvalue weighted by Crippen LogP contribution is 2.56. The van der Waals surface area contributed by atoms with Crippen LogP contribution in [0.15, 0.2) is 29.4 Å². The number of hydrogen-bond donors (Lipinski definition) is 1. The van der Waals surface area contributed by atoms with Crippen molar-refractivity contribution in [3.8, 4) is 0 Å². The minimum absolute atomic E-state index is 0. The second kappa shape index (κ2) is 6.86. The first-order chi connectivity index (χ1) is 11.2. The summed E-state index contributed by atoms with van der Waals surface area (Å²) in [5.74, 6) is 0.0669. The molecule has 1 N–H and O–H groups in total. The summed E-state index contributed by atoms with van der Waals surface area (Å²) in [5.41, 5.74) is 2.11. The molecule has 7 heteroatoms. The molecule has 3 heterocycles. The van der Waals surface area contributed by atoms with Crippen molar-refractivity contribution in [2.45, 2.75) is 31.8 Å². The van der Waals surface area contributed by atoms with Crippen molar-refractivity contribution in [2.24, 2.45) is 12.5 Å². The number of imidazole rings is 1. The Morgan fingerprint density at radius 2 is 2.29 bits per heavy atom. The average Bonchev–Trinajstić information content (AvgIpc) is 2.97. The third-order valence-electron chi connectivity index (χ3n) is 5.24. The smallest absolute Gasteiger partial charge is 0.274 e. The first kappa shape index (κ1) is 17.5. The molecule has 2 aromatic heterocycles. The van der Waals surface area contributed by atoms with Gasteiger partial charge in [0.1, 0.15) is 5.69 Å².